The highest BCUT2D eigenvalue weighted by molar-refractivity contribution is 5.94. The molecule has 1 aromatic carbocycles. The van der Waals surface area contributed by atoms with Crippen LogP contribution < -0.4 is 0 Å². The van der Waals surface area contributed by atoms with E-state index < -0.39 is 0 Å². The second-order valence-electron chi connectivity index (χ2n) is 4.88. The lowest BCUT2D eigenvalue weighted by atomic mass is 10.1. The van der Waals surface area contributed by atoms with Gasteiger partial charge in [0.2, 0.25) is 0 Å². The highest BCUT2D eigenvalue weighted by atomic mass is 16.6. The maximum atomic E-state index is 11.9. The van der Waals surface area contributed by atoms with Crippen molar-refractivity contribution in [1.82, 2.24) is 4.90 Å². The van der Waals surface area contributed by atoms with E-state index in [1.807, 2.05) is 30.3 Å². The van der Waals surface area contributed by atoms with Gasteiger partial charge in [0.25, 0.3) is 0 Å². The molecule has 2 atom stereocenters. The zero-order chi connectivity index (χ0) is 12.5. The summed E-state index contributed by atoms with van der Waals surface area (Å²) in [5.41, 5.74) is 0.960. The minimum atomic E-state index is -0.362. The van der Waals surface area contributed by atoms with Crippen molar-refractivity contribution >= 4 is 11.9 Å². The van der Waals surface area contributed by atoms with Gasteiger partial charge in [-0.1, -0.05) is 30.3 Å². The molecule has 1 saturated heterocycles. The van der Waals surface area contributed by atoms with Gasteiger partial charge in [-0.25, -0.2) is 4.79 Å². The Morgan fingerprint density at radius 1 is 1.28 bits per heavy atom. The van der Waals surface area contributed by atoms with Gasteiger partial charge in [0.05, 0.1) is 6.04 Å². The van der Waals surface area contributed by atoms with Crippen molar-refractivity contribution in [3.8, 4) is 0 Å². The molecule has 0 spiro atoms. The molecule has 94 valence electrons. The molecule has 4 nitrogen and oxygen atoms in total. The molecule has 2 fully saturated rings. The number of carbonyl (C=O) groups excluding carboxylic acids is 2. The van der Waals surface area contributed by atoms with E-state index in [2.05, 4.69) is 0 Å². The third-order valence-electron chi connectivity index (χ3n) is 3.75. The number of fused-ring (bicyclic) bond motifs is 2. The Kier molecular flexibility index (Phi) is 2.78. The predicted molar refractivity (Wildman–Crippen MR) is 64.9 cm³/mol. The number of hydrogen-bond donors (Lipinski definition) is 0. The van der Waals surface area contributed by atoms with Gasteiger partial charge in [-0.15, -0.1) is 0 Å². The van der Waals surface area contributed by atoms with Crippen molar-refractivity contribution in [3.05, 3.63) is 35.9 Å². The molecular weight excluding hydrogens is 230 g/mol. The predicted octanol–water partition coefficient (Wildman–Crippen LogP) is 1.99. The zero-order valence-corrected chi connectivity index (χ0v) is 10.0. The number of piperidine rings is 1. The molecule has 0 N–H and O–H groups in total. The number of rotatable bonds is 2. The zero-order valence-electron chi connectivity index (χ0n) is 10.0. The van der Waals surface area contributed by atoms with Gasteiger partial charge in [0.15, 0.2) is 5.78 Å². The van der Waals surface area contributed by atoms with Gasteiger partial charge < -0.3 is 4.74 Å². The summed E-state index contributed by atoms with van der Waals surface area (Å²) in [6.45, 7) is 0.804. The molecule has 1 aromatic rings. The number of likely N-dealkylation sites (tertiary alicyclic amines) is 1. The third kappa shape index (κ3) is 1.88. The van der Waals surface area contributed by atoms with E-state index in [4.69, 9.17) is 4.74 Å². The highest BCUT2D eigenvalue weighted by Gasteiger charge is 2.48. The number of Topliss-reactive ketones (excluding diaryl/α,β-unsaturated/α-hetero) is 1. The summed E-state index contributed by atoms with van der Waals surface area (Å²) < 4.78 is 5.25. The van der Waals surface area contributed by atoms with E-state index in [0.717, 1.165) is 18.4 Å². The number of amides is 1. The Labute approximate surface area is 106 Å². The molecule has 1 heterocycles. The topological polar surface area (TPSA) is 46.6 Å². The van der Waals surface area contributed by atoms with Crippen LogP contribution in [0.15, 0.2) is 30.3 Å². The molecule has 2 aliphatic rings. The number of nitrogens with zero attached hydrogens (tertiary/aromatic N) is 1. The van der Waals surface area contributed by atoms with Gasteiger partial charge in [0, 0.05) is 12.5 Å². The van der Waals surface area contributed by atoms with Gasteiger partial charge >= 0.3 is 6.09 Å². The van der Waals surface area contributed by atoms with Crippen molar-refractivity contribution in [3.63, 3.8) is 0 Å². The van der Waals surface area contributed by atoms with Gasteiger partial charge in [-0.3, -0.25) is 9.69 Å². The fourth-order valence-electron chi connectivity index (χ4n) is 2.78. The summed E-state index contributed by atoms with van der Waals surface area (Å²) in [6, 6.07) is 9.33. The molecule has 18 heavy (non-hydrogen) atoms. The van der Waals surface area contributed by atoms with E-state index in [0.29, 0.717) is 6.54 Å². The van der Waals surface area contributed by atoms with Crippen LogP contribution in [0.4, 0.5) is 4.79 Å². The summed E-state index contributed by atoms with van der Waals surface area (Å²) in [4.78, 5) is 25.2. The Morgan fingerprint density at radius 3 is 2.67 bits per heavy atom. The number of benzene rings is 1. The van der Waals surface area contributed by atoms with Crippen LogP contribution in [0.1, 0.15) is 18.4 Å². The molecule has 0 unspecified atom stereocenters. The van der Waals surface area contributed by atoms with E-state index in [1.165, 1.54) is 0 Å². The van der Waals surface area contributed by atoms with E-state index in [9.17, 15) is 9.59 Å². The van der Waals surface area contributed by atoms with Crippen molar-refractivity contribution in [2.45, 2.75) is 25.5 Å². The van der Waals surface area contributed by atoms with Gasteiger partial charge in [-0.05, 0) is 18.4 Å². The standard InChI is InChI=1S/C14H15NO3/c16-13-11-6-7-12(13)15(8-11)14(17)18-9-10-4-2-1-3-5-10/h1-5,11-12H,6-9H2/t11-,12-/m0/s1. The first-order valence-corrected chi connectivity index (χ1v) is 6.27. The lowest BCUT2D eigenvalue weighted by Crippen LogP contribution is -2.39. The molecule has 1 aliphatic carbocycles. The molecule has 0 aromatic heterocycles. The molecule has 1 amide bonds. The number of ketones is 1. The Morgan fingerprint density at radius 2 is 2.06 bits per heavy atom. The Hall–Kier alpha value is -1.84. The smallest absolute Gasteiger partial charge is 0.410 e. The number of carbonyl (C=O) groups is 2. The van der Waals surface area contributed by atoms with Crippen molar-refractivity contribution in [1.29, 1.82) is 0 Å². The van der Waals surface area contributed by atoms with E-state index >= 15 is 0 Å². The van der Waals surface area contributed by atoms with Crippen LogP contribution in [-0.4, -0.2) is 29.4 Å². The minimum absolute atomic E-state index is 0.0549. The highest BCUT2D eigenvalue weighted by Crippen LogP contribution is 2.34. The van der Waals surface area contributed by atoms with Crippen LogP contribution in [0.3, 0.4) is 0 Å². The van der Waals surface area contributed by atoms with Crippen LogP contribution in [0.2, 0.25) is 0 Å². The number of ether oxygens (including phenoxy) is 1. The Balaban J connectivity index is 1.58. The molecule has 2 bridgehead atoms. The van der Waals surface area contributed by atoms with Gasteiger partial charge in [0.1, 0.15) is 6.61 Å². The molecule has 0 radical (unpaired) electrons. The molecule has 1 aliphatic heterocycles. The van der Waals surface area contributed by atoms with Crippen LogP contribution in [-0.2, 0) is 16.1 Å². The fourth-order valence-corrected chi connectivity index (χ4v) is 2.78. The summed E-state index contributed by atoms with van der Waals surface area (Å²) in [7, 11) is 0. The normalized spacial score (nSPS) is 25.6. The van der Waals surface area contributed by atoms with E-state index in [-0.39, 0.29) is 30.4 Å². The first-order valence-electron chi connectivity index (χ1n) is 6.27. The summed E-state index contributed by atoms with van der Waals surface area (Å²) in [5.74, 6) is 0.269. The second kappa shape index (κ2) is 4.44. The summed E-state index contributed by atoms with van der Waals surface area (Å²) in [5, 5.41) is 0. The summed E-state index contributed by atoms with van der Waals surface area (Å²) in [6.07, 6.45) is 1.36. The van der Waals surface area contributed by atoms with Crippen molar-refractivity contribution < 1.29 is 14.3 Å². The van der Waals surface area contributed by atoms with Crippen molar-refractivity contribution in [2.24, 2.45) is 5.92 Å². The maximum Gasteiger partial charge on any atom is 0.410 e. The van der Waals surface area contributed by atoms with Crippen LogP contribution in [0, 0.1) is 5.92 Å². The average Bonchev–Trinajstić information content (AvgIpc) is 2.93. The maximum absolute atomic E-state index is 11.9. The molecule has 4 heteroatoms. The monoisotopic (exact) mass is 245 g/mol. The summed E-state index contributed by atoms with van der Waals surface area (Å²) >= 11 is 0. The first kappa shape index (κ1) is 11.3. The molecular formula is C14H15NO3. The van der Waals surface area contributed by atoms with Crippen LogP contribution >= 0.6 is 0 Å². The lowest BCUT2D eigenvalue weighted by Gasteiger charge is -2.24. The third-order valence-corrected chi connectivity index (χ3v) is 3.75. The number of hydrogen-bond acceptors (Lipinski definition) is 3. The quantitative estimate of drug-likeness (QED) is 0.800. The van der Waals surface area contributed by atoms with Crippen molar-refractivity contribution in [2.75, 3.05) is 6.54 Å². The minimum Gasteiger partial charge on any atom is -0.445 e. The van der Waals surface area contributed by atoms with Crippen LogP contribution in [0.25, 0.3) is 0 Å². The van der Waals surface area contributed by atoms with Crippen LogP contribution in [0.5, 0.6) is 0 Å². The second-order valence-corrected chi connectivity index (χ2v) is 4.88. The van der Waals surface area contributed by atoms with Gasteiger partial charge in [-0.2, -0.15) is 0 Å². The average molecular weight is 245 g/mol. The van der Waals surface area contributed by atoms with E-state index in [1.54, 1.807) is 4.90 Å². The molecule has 3 rings (SSSR count). The first-order chi connectivity index (χ1) is 8.75. The largest absolute Gasteiger partial charge is 0.445 e. The fraction of sp³-hybridized carbons (Fsp3) is 0.429. The Bertz CT molecular complexity index is 471. The molecule has 1 saturated carbocycles. The SMILES string of the molecule is O=C1[C@H]2CC[C@@H]1N(C(=O)OCc1ccccc1)C2. The lowest BCUT2D eigenvalue weighted by molar-refractivity contribution is -0.120.